The Morgan fingerprint density at radius 1 is 0.432 bits per heavy atom. The molecule has 0 N–H and O–H groups in total. The maximum absolute atomic E-state index is 3.80. The predicted octanol–water partition coefficient (Wildman–Crippen LogP) is 13.2. The quantitative estimate of drug-likeness (QED) is 0.0463. The van der Waals surface area contributed by atoms with Crippen LogP contribution in [0.4, 0.5) is 0 Å². The first-order chi connectivity index (χ1) is 18.1. The molecule has 0 aliphatic heterocycles. The van der Waals surface area contributed by atoms with E-state index in [1.807, 2.05) is 0 Å². The zero-order valence-corrected chi connectivity index (χ0v) is 35.6. The fraction of sp³-hybridized carbons (Fsp3) is 0.882. The molecular formula is C34H72Sn3. The molecular weight excluding hydrogens is 765 g/mol. The first-order valence-electron chi connectivity index (χ1n) is 16.7. The van der Waals surface area contributed by atoms with Crippen LogP contribution in [0.1, 0.15) is 144 Å². The third-order valence-corrected chi connectivity index (χ3v) is 29.0. The van der Waals surface area contributed by atoms with Crippen LogP contribution in [0.5, 0.6) is 0 Å². The van der Waals surface area contributed by atoms with E-state index in [1.54, 1.807) is 35.5 Å². The Balaban J connectivity index is -0.000000481. The summed E-state index contributed by atoms with van der Waals surface area (Å²) in [4.78, 5) is 0. The Morgan fingerprint density at radius 2 is 0.703 bits per heavy atom. The van der Waals surface area contributed by atoms with Gasteiger partial charge in [0.25, 0.3) is 0 Å². The van der Waals surface area contributed by atoms with Gasteiger partial charge in [0.1, 0.15) is 0 Å². The normalized spacial score (nSPS) is 10.6. The summed E-state index contributed by atoms with van der Waals surface area (Å²) >= 11 is -1.67. The molecule has 0 heterocycles. The van der Waals surface area contributed by atoms with E-state index < -0.39 is 39.5 Å². The molecule has 0 spiro atoms. The van der Waals surface area contributed by atoms with E-state index in [1.165, 1.54) is 103 Å². The average molecular weight is 837 g/mol. The molecule has 0 fully saturated rings. The van der Waals surface area contributed by atoms with Crippen LogP contribution in [0.3, 0.4) is 0 Å². The molecule has 0 atom stereocenters. The van der Waals surface area contributed by atoms with Crippen LogP contribution in [0.2, 0.25) is 35.5 Å². The van der Waals surface area contributed by atoms with Gasteiger partial charge in [-0.25, -0.2) is 0 Å². The van der Waals surface area contributed by atoms with Gasteiger partial charge in [-0.2, -0.15) is 0 Å². The summed E-state index contributed by atoms with van der Waals surface area (Å²) in [6.07, 6.45) is 27.0. The van der Waals surface area contributed by atoms with E-state index in [0.717, 1.165) is 0 Å². The van der Waals surface area contributed by atoms with Crippen LogP contribution in [0.25, 0.3) is 0 Å². The Bertz CT molecular complexity index is 345. The molecule has 0 aromatic carbocycles. The minimum atomic E-state index is -0.907. The van der Waals surface area contributed by atoms with Crippen molar-refractivity contribution < 1.29 is 0 Å². The molecule has 220 valence electrons. The molecule has 4 radical (unpaired) electrons. The van der Waals surface area contributed by atoms with Gasteiger partial charge in [0.2, 0.25) is 0 Å². The number of allylic oxidation sites excluding steroid dienone is 2. The molecule has 0 nitrogen and oxygen atoms in total. The van der Waals surface area contributed by atoms with Crippen molar-refractivity contribution in [2.75, 3.05) is 0 Å². The summed E-state index contributed by atoms with van der Waals surface area (Å²) in [5.41, 5.74) is 0. The number of hydrogen-bond donors (Lipinski definition) is 0. The van der Waals surface area contributed by atoms with Crippen molar-refractivity contribution in [1.82, 2.24) is 0 Å². The standard InChI is InChI=1S/2C5H9.6C4H9.3Sn/c2*1-3-5-4-2;6*1-3-4-2;;;/h2*3H,1-2,4-5H2;6*1,3-4H2,2H3;;;. The summed E-state index contributed by atoms with van der Waals surface area (Å²) in [7, 11) is 0. The Labute approximate surface area is 263 Å². The van der Waals surface area contributed by atoms with Gasteiger partial charge in [0.15, 0.2) is 0 Å². The van der Waals surface area contributed by atoms with Crippen molar-refractivity contribution in [3.63, 3.8) is 0 Å². The fourth-order valence-corrected chi connectivity index (χ4v) is 26.4. The van der Waals surface area contributed by atoms with Crippen molar-refractivity contribution in [2.45, 2.75) is 180 Å². The third-order valence-electron chi connectivity index (χ3n) is 6.83. The van der Waals surface area contributed by atoms with Gasteiger partial charge >= 0.3 is 266 Å². The van der Waals surface area contributed by atoms with Gasteiger partial charge in [0, 0.05) is 0 Å². The number of rotatable bonds is 26. The van der Waals surface area contributed by atoms with E-state index in [-0.39, 0.29) is 21.1 Å². The molecule has 0 rings (SSSR count). The Kier molecular flexibility index (Phi) is 49.6. The van der Waals surface area contributed by atoms with E-state index in [9.17, 15) is 0 Å². The molecule has 0 amide bonds. The SMILES string of the molecule is C=CCC[CH2][Sn]([CH2]CCC)[CH2]CCC.C=CCC[CH2][Sn]([CH2]CCC)[CH2]CCC.CCC[CH2][Sn][CH2]CCC. The fourth-order valence-electron chi connectivity index (χ4n) is 4.18. The monoisotopic (exact) mass is 840 g/mol. The van der Waals surface area contributed by atoms with Crippen LogP contribution in [0, 0.1) is 0 Å². The molecule has 37 heavy (non-hydrogen) atoms. The molecule has 0 aromatic heterocycles. The van der Waals surface area contributed by atoms with E-state index in [0.29, 0.717) is 0 Å². The second kappa shape index (κ2) is 42.3. The average Bonchev–Trinajstić information content (AvgIpc) is 2.92. The van der Waals surface area contributed by atoms with Crippen molar-refractivity contribution in [1.29, 1.82) is 0 Å². The minimum absolute atomic E-state index is 0.149. The molecule has 0 saturated carbocycles. The van der Waals surface area contributed by atoms with Crippen molar-refractivity contribution >= 4 is 60.7 Å². The van der Waals surface area contributed by atoms with E-state index >= 15 is 0 Å². The zero-order valence-electron chi connectivity index (χ0n) is 27.0. The molecule has 0 saturated heterocycles. The van der Waals surface area contributed by atoms with Gasteiger partial charge in [-0.1, -0.05) is 0 Å². The Morgan fingerprint density at radius 3 is 0.946 bits per heavy atom. The summed E-state index contributed by atoms with van der Waals surface area (Å²) in [5, 5.41) is 0. The second-order valence-corrected chi connectivity index (χ2v) is 32.1. The first kappa shape index (κ1) is 43.3. The number of hydrogen-bond acceptors (Lipinski definition) is 0. The van der Waals surface area contributed by atoms with Crippen LogP contribution in [-0.4, -0.2) is 60.7 Å². The van der Waals surface area contributed by atoms with Crippen molar-refractivity contribution in [2.24, 2.45) is 0 Å². The number of unbranched alkanes of at least 4 members (excludes halogenated alkanes) is 8. The van der Waals surface area contributed by atoms with Crippen molar-refractivity contribution in [3.05, 3.63) is 25.3 Å². The van der Waals surface area contributed by atoms with E-state index in [4.69, 9.17) is 0 Å². The Hall–Kier alpha value is 1.88. The van der Waals surface area contributed by atoms with Crippen molar-refractivity contribution in [3.8, 4) is 0 Å². The van der Waals surface area contributed by atoms with E-state index in [2.05, 4.69) is 66.9 Å². The summed E-state index contributed by atoms with van der Waals surface area (Å²) in [5.74, 6) is 0. The maximum atomic E-state index is 3.80. The topological polar surface area (TPSA) is 0 Å². The van der Waals surface area contributed by atoms with Crippen LogP contribution >= 0.6 is 0 Å². The molecule has 3 heteroatoms. The first-order valence-corrected chi connectivity index (χ1v) is 32.8. The molecule has 0 bridgehead atoms. The van der Waals surface area contributed by atoms with Crippen LogP contribution in [0.15, 0.2) is 25.3 Å². The summed E-state index contributed by atoms with van der Waals surface area (Å²) in [6.45, 7) is 21.5. The van der Waals surface area contributed by atoms with Gasteiger partial charge in [-0.3, -0.25) is 0 Å². The molecule has 0 unspecified atom stereocenters. The van der Waals surface area contributed by atoms with Gasteiger partial charge in [-0.05, 0) is 0 Å². The predicted molar refractivity (Wildman–Crippen MR) is 184 cm³/mol. The zero-order chi connectivity index (χ0) is 28.2. The van der Waals surface area contributed by atoms with Crippen LogP contribution in [-0.2, 0) is 0 Å². The molecule has 0 aliphatic carbocycles. The van der Waals surface area contributed by atoms with Crippen LogP contribution < -0.4 is 0 Å². The second-order valence-electron chi connectivity index (χ2n) is 10.7. The van der Waals surface area contributed by atoms with Gasteiger partial charge in [0.05, 0.1) is 0 Å². The summed E-state index contributed by atoms with van der Waals surface area (Å²) < 4.78 is 13.1. The van der Waals surface area contributed by atoms with Gasteiger partial charge in [-0.15, -0.1) is 0 Å². The third kappa shape index (κ3) is 42.5. The molecule has 0 aliphatic rings. The van der Waals surface area contributed by atoms with Gasteiger partial charge < -0.3 is 0 Å². The molecule has 0 aromatic rings. The summed E-state index contributed by atoms with van der Waals surface area (Å²) in [6, 6.07) is 0.